The van der Waals surface area contributed by atoms with Crippen LogP contribution in [0, 0.1) is 10.1 Å². The molecule has 1 saturated heterocycles. The van der Waals surface area contributed by atoms with Crippen LogP contribution >= 0.6 is 0 Å². The fourth-order valence-electron chi connectivity index (χ4n) is 3.55. The monoisotopic (exact) mass is 341 g/mol. The van der Waals surface area contributed by atoms with Gasteiger partial charge < -0.3 is 9.64 Å². The Morgan fingerprint density at radius 1 is 1.30 bits per heavy atom. The number of nitro groups is 1. The standard InChI is InChI=1S/C14H19N3O5S/c15-23(20,21)12-5-3-4-11(13(12)17(18)19)16-8-9-22-14(10-16)6-1-2-7-14/h3-5H,1-2,6-10H2,(H2,15,20,21). The molecule has 0 unspecified atom stereocenters. The van der Waals surface area contributed by atoms with Crippen molar-refractivity contribution in [3.8, 4) is 0 Å². The average Bonchev–Trinajstić information content (AvgIpc) is 2.93. The molecule has 1 spiro atoms. The maximum Gasteiger partial charge on any atom is 0.312 e. The smallest absolute Gasteiger partial charge is 0.312 e. The number of para-hydroxylation sites is 1. The molecule has 23 heavy (non-hydrogen) atoms. The minimum atomic E-state index is -4.17. The summed E-state index contributed by atoms with van der Waals surface area (Å²) in [6.45, 7) is 1.48. The number of anilines is 1. The highest BCUT2D eigenvalue weighted by molar-refractivity contribution is 7.89. The van der Waals surface area contributed by atoms with Crippen molar-refractivity contribution in [1.82, 2.24) is 0 Å². The molecule has 2 aliphatic rings. The Labute approximate surface area is 134 Å². The molecule has 1 saturated carbocycles. The zero-order valence-corrected chi connectivity index (χ0v) is 13.4. The summed E-state index contributed by atoms with van der Waals surface area (Å²) in [7, 11) is -4.17. The van der Waals surface area contributed by atoms with E-state index in [0.717, 1.165) is 25.7 Å². The van der Waals surface area contributed by atoms with Gasteiger partial charge in [-0.25, -0.2) is 13.6 Å². The number of hydrogen-bond acceptors (Lipinski definition) is 6. The third-order valence-electron chi connectivity index (χ3n) is 4.57. The second kappa shape index (κ2) is 5.73. The number of hydrogen-bond donors (Lipinski definition) is 1. The molecule has 0 atom stereocenters. The second-order valence-electron chi connectivity index (χ2n) is 6.09. The van der Waals surface area contributed by atoms with Crippen molar-refractivity contribution in [1.29, 1.82) is 0 Å². The SMILES string of the molecule is NS(=O)(=O)c1cccc(N2CCOC3(CCCC3)C2)c1[N+](=O)[O-]. The van der Waals surface area contributed by atoms with Crippen molar-refractivity contribution in [2.24, 2.45) is 5.14 Å². The first-order chi connectivity index (χ1) is 10.8. The summed E-state index contributed by atoms with van der Waals surface area (Å²) in [5.74, 6) is 0. The highest BCUT2D eigenvalue weighted by Crippen LogP contribution is 2.40. The molecule has 1 heterocycles. The quantitative estimate of drug-likeness (QED) is 0.656. The van der Waals surface area contributed by atoms with Gasteiger partial charge in [-0.15, -0.1) is 0 Å². The summed E-state index contributed by atoms with van der Waals surface area (Å²) in [6, 6.07) is 4.22. The van der Waals surface area contributed by atoms with Gasteiger partial charge in [-0.1, -0.05) is 18.9 Å². The Morgan fingerprint density at radius 2 is 2.00 bits per heavy atom. The fraction of sp³-hybridized carbons (Fsp3) is 0.571. The number of primary sulfonamides is 1. The van der Waals surface area contributed by atoms with Crippen LogP contribution < -0.4 is 10.0 Å². The first-order valence-electron chi connectivity index (χ1n) is 7.52. The predicted octanol–water partition coefficient (Wildman–Crippen LogP) is 1.39. The van der Waals surface area contributed by atoms with Crippen LogP contribution in [0.2, 0.25) is 0 Å². The van der Waals surface area contributed by atoms with E-state index in [-0.39, 0.29) is 11.3 Å². The van der Waals surface area contributed by atoms with Crippen LogP contribution in [0.5, 0.6) is 0 Å². The van der Waals surface area contributed by atoms with Gasteiger partial charge in [-0.2, -0.15) is 0 Å². The lowest BCUT2D eigenvalue weighted by Crippen LogP contribution is -2.50. The normalized spacial score (nSPS) is 20.8. The van der Waals surface area contributed by atoms with Gasteiger partial charge in [0.05, 0.1) is 17.1 Å². The summed E-state index contributed by atoms with van der Waals surface area (Å²) in [5, 5.41) is 16.6. The largest absolute Gasteiger partial charge is 0.371 e. The van der Waals surface area contributed by atoms with Crippen molar-refractivity contribution < 1.29 is 18.1 Å². The van der Waals surface area contributed by atoms with E-state index in [9.17, 15) is 18.5 Å². The molecular weight excluding hydrogens is 322 g/mol. The minimum Gasteiger partial charge on any atom is -0.371 e. The van der Waals surface area contributed by atoms with Crippen molar-refractivity contribution in [2.75, 3.05) is 24.6 Å². The third kappa shape index (κ3) is 3.04. The van der Waals surface area contributed by atoms with E-state index in [1.807, 2.05) is 4.90 Å². The molecule has 1 aliphatic heterocycles. The zero-order chi connectivity index (χ0) is 16.7. The van der Waals surface area contributed by atoms with E-state index in [2.05, 4.69) is 0 Å². The van der Waals surface area contributed by atoms with Gasteiger partial charge in [0.15, 0.2) is 4.90 Å². The molecule has 0 aromatic heterocycles. The van der Waals surface area contributed by atoms with E-state index in [1.165, 1.54) is 12.1 Å². The van der Waals surface area contributed by atoms with Crippen LogP contribution in [0.3, 0.4) is 0 Å². The molecule has 8 nitrogen and oxygen atoms in total. The lowest BCUT2D eigenvalue weighted by Gasteiger charge is -2.41. The maximum atomic E-state index is 11.7. The second-order valence-corrected chi connectivity index (χ2v) is 7.62. The first kappa shape index (κ1) is 16.2. The third-order valence-corrected chi connectivity index (χ3v) is 5.51. The van der Waals surface area contributed by atoms with Crippen LogP contribution in [-0.2, 0) is 14.8 Å². The number of rotatable bonds is 3. The van der Waals surface area contributed by atoms with Crippen LogP contribution in [-0.4, -0.2) is 38.6 Å². The molecule has 2 fully saturated rings. The molecule has 126 valence electrons. The van der Waals surface area contributed by atoms with Crippen molar-refractivity contribution in [3.63, 3.8) is 0 Å². The molecule has 1 aromatic rings. The number of nitrogens with two attached hydrogens (primary N) is 1. The highest BCUT2D eigenvalue weighted by atomic mass is 32.2. The summed E-state index contributed by atoms with van der Waals surface area (Å²) in [6.07, 6.45) is 4.00. The van der Waals surface area contributed by atoms with E-state index in [1.54, 1.807) is 6.07 Å². The van der Waals surface area contributed by atoms with Gasteiger partial charge in [-0.3, -0.25) is 10.1 Å². The molecule has 9 heteroatoms. The number of morpholine rings is 1. The number of ether oxygens (including phenoxy) is 1. The van der Waals surface area contributed by atoms with E-state index in [4.69, 9.17) is 9.88 Å². The molecule has 2 N–H and O–H groups in total. The highest BCUT2D eigenvalue weighted by Gasteiger charge is 2.41. The maximum absolute atomic E-state index is 11.7. The van der Waals surface area contributed by atoms with E-state index in [0.29, 0.717) is 19.7 Å². The van der Waals surface area contributed by atoms with E-state index < -0.39 is 25.5 Å². The molecule has 0 bridgehead atoms. The Balaban J connectivity index is 2.04. The molecule has 1 aromatic carbocycles. The summed E-state index contributed by atoms with van der Waals surface area (Å²) in [4.78, 5) is 12.2. The Bertz CT molecular complexity index is 728. The van der Waals surface area contributed by atoms with E-state index >= 15 is 0 Å². The molecular formula is C14H19N3O5S. The number of nitro benzene ring substituents is 1. The minimum absolute atomic E-state index is 0.274. The van der Waals surface area contributed by atoms with Gasteiger partial charge in [0.1, 0.15) is 5.69 Å². The predicted molar refractivity (Wildman–Crippen MR) is 83.8 cm³/mol. The average molecular weight is 341 g/mol. The Hall–Kier alpha value is -1.71. The van der Waals surface area contributed by atoms with Crippen molar-refractivity contribution in [3.05, 3.63) is 28.3 Å². The van der Waals surface area contributed by atoms with Crippen LogP contribution in [0.4, 0.5) is 11.4 Å². The van der Waals surface area contributed by atoms with Crippen molar-refractivity contribution >= 4 is 21.4 Å². The van der Waals surface area contributed by atoms with Crippen LogP contribution in [0.25, 0.3) is 0 Å². The molecule has 0 radical (unpaired) electrons. The molecule has 0 amide bonds. The van der Waals surface area contributed by atoms with Gasteiger partial charge in [-0.05, 0) is 25.0 Å². The fourth-order valence-corrected chi connectivity index (χ4v) is 4.27. The Morgan fingerprint density at radius 3 is 2.61 bits per heavy atom. The topological polar surface area (TPSA) is 116 Å². The lowest BCUT2D eigenvalue weighted by atomic mass is 9.99. The van der Waals surface area contributed by atoms with Crippen LogP contribution in [0.15, 0.2) is 23.1 Å². The van der Waals surface area contributed by atoms with Crippen LogP contribution in [0.1, 0.15) is 25.7 Å². The number of sulfonamides is 1. The Kier molecular flexibility index (Phi) is 4.03. The summed E-state index contributed by atoms with van der Waals surface area (Å²) in [5.41, 5.74) is -0.440. The molecule has 3 rings (SSSR count). The van der Waals surface area contributed by atoms with Gasteiger partial charge in [0, 0.05) is 13.1 Å². The zero-order valence-electron chi connectivity index (χ0n) is 12.6. The van der Waals surface area contributed by atoms with Gasteiger partial charge in [0.2, 0.25) is 10.0 Å². The molecule has 1 aliphatic carbocycles. The van der Waals surface area contributed by atoms with Crippen molar-refractivity contribution in [2.45, 2.75) is 36.2 Å². The summed E-state index contributed by atoms with van der Waals surface area (Å²) < 4.78 is 29.3. The summed E-state index contributed by atoms with van der Waals surface area (Å²) >= 11 is 0. The van der Waals surface area contributed by atoms with Gasteiger partial charge >= 0.3 is 5.69 Å². The van der Waals surface area contributed by atoms with Gasteiger partial charge in [0.25, 0.3) is 0 Å². The lowest BCUT2D eigenvalue weighted by molar-refractivity contribution is -0.387. The first-order valence-corrected chi connectivity index (χ1v) is 9.06. The number of nitrogens with zero attached hydrogens (tertiary/aromatic N) is 2. The number of benzene rings is 1.